The van der Waals surface area contributed by atoms with Gasteiger partial charge < -0.3 is 20.5 Å². The maximum Gasteiger partial charge on any atom is 0.262 e. The van der Waals surface area contributed by atoms with Gasteiger partial charge in [-0.1, -0.05) is 13.8 Å². The van der Waals surface area contributed by atoms with Gasteiger partial charge in [-0.2, -0.15) is 0 Å². The molecule has 0 saturated heterocycles. The molecule has 0 fully saturated rings. The SMILES string of the molecule is CCC(C)(CO)CNc1ccc2c(c1)NC(=O)CO2. The Bertz CT molecular complexity index is 470. The number of aliphatic hydroxyl groups excluding tert-OH is 1. The van der Waals surface area contributed by atoms with Gasteiger partial charge in [0.25, 0.3) is 5.91 Å². The van der Waals surface area contributed by atoms with Crippen molar-refractivity contribution in [3.05, 3.63) is 18.2 Å². The number of anilines is 2. The molecule has 1 heterocycles. The highest BCUT2D eigenvalue weighted by molar-refractivity contribution is 5.96. The van der Waals surface area contributed by atoms with Gasteiger partial charge in [0.2, 0.25) is 0 Å². The number of rotatable bonds is 5. The molecular weight excluding hydrogens is 244 g/mol. The van der Waals surface area contributed by atoms with E-state index in [9.17, 15) is 9.90 Å². The Kier molecular flexibility index (Phi) is 3.95. The number of nitrogens with one attached hydrogen (secondary N) is 2. The second-order valence-electron chi connectivity index (χ2n) is 5.22. The molecule has 0 bridgehead atoms. The Balaban J connectivity index is 2.06. The van der Waals surface area contributed by atoms with Gasteiger partial charge in [-0.3, -0.25) is 4.79 Å². The van der Waals surface area contributed by atoms with Crippen molar-refractivity contribution >= 4 is 17.3 Å². The molecule has 104 valence electrons. The second-order valence-corrected chi connectivity index (χ2v) is 5.22. The van der Waals surface area contributed by atoms with E-state index >= 15 is 0 Å². The van der Waals surface area contributed by atoms with Crippen molar-refractivity contribution in [3.63, 3.8) is 0 Å². The van der Waals surface area contributed by atoms with E-state index in [-0.39, 0.29) is 24.5 Å². The predicted octanol–water partition coefficient (Wildman–Crippen LogP) is 1.84. The van der Waals surface area contributed by atoms with Crippen molar-refractivity contribution in [2.75, 3.05) is 30.4 Å². The first-order valence-electron chi connectivity index (χ1n) is 6.48. The van der Waals surface area contributed by atoms with Crippen LogP contribution in [0.2, 0.25) is 0 Å². The zero-order valence-corrected chi connectivity index (χ0v) is 11.3. The molecule has 0 saturated carbocycles. The van der Waals surface area contributed by atoms with Crippen LogP contribution in [0.1, 0.15) is 20.3 Å². The van der Waals surface area contributed by atoms with Gasteiger partial charge >= 0.3 is 0 Å². The lowest BCUT2D eigenvalue weighted by Gasteiger charge is -2.27. The van der Waals surface area contributed by atoms with E-state index in [2.05, 4.69) is 17.6 Å². The molecule has 1 aliphatic rings. The molecule has 1 unspecified atom stereocenters. The third-order valence-electron chi connectivity index (χ3n) is 3.57. The molecule has 19 heavy (non-hydrogen) atoms. The number of carbonyl (C=O) groups excluding carboxylic acids is 1. The number of hydrogen-bond acceptors (Lipinski definition) is 4. The first-order valence-corrected chi connectivity index (χ1v) is 6.48. The minimum Gasteiger partial charge on any atom is -0.482 e. The van der Waals surface area contributed by atoms with E-state index in [1.807, 2.05) is 25.1 Å². The largest absolute Gasteiger partial charge is 0.482 e. The van der Waals surface area contributed by atoms with Crippen LogP contribution in [0.5, 0.6) is 5.75 Å². The van der Waals surface area contributed by atoms with E-state index in [0.29, 0.717) is 18.0 Å². The molecule has 0 radical (unpaired) electrons. The molecule has 5 nitrogen and oxygen atoms in total. The van der Waals surface area contributed by atoms with Gasteiger partial charge in [0.1, 0.15) is 5.75 Å². The first kappa shape index (κ1) is 13.7. The van der Waals surface area contributed by atoms with Gasteiger partial charge in [-0.25, -0.2) is 0 Å². The molecular formula is C14H20N2O3. The van der Waals surface area contributed by atoms with Gasteiger partial charge in [-0.05, 0) is 24.6 Å². The van der Waals surface area contributed by atoms with E-state index in [0.717, 1.165) is 12.1 Å². The molecule has 5 heteroatoms. The number of fused-ring (bicyclic) bond motifs is 1. The predicted molar refractivity (Wildman–Crippen MR) is 74.5 cm³/mol. The molecule has 0 aliphatic carbocycles. The zero-order chi connectivity index (χ0) is 13.9. The fraction of sp³-hybridized carbons (Fsp3) is 0.500. The monoisotopic (exact) mass is 264 g/mol. The smallest absolute Gasteiger partial charge is 0.262 e. The van der Waals surface area contributed by atoms with Crippen molar-refractivity contribution < 1.29 is 14.6 Å². The number of ether oxygens (including phenoxy) is 1. The van der Waals surface area contributed by atoms with Crippen LogP contribution in [0.25, 0.3) is 0 Å². The minimum absolute atomic E-state index is 0.0677. The molecule has 1 aromatic carbocycles. The molecule has 1 aromatic rings. The van der Waals surface area contributed by atoms with Crippen LogP contribution < -0.4 is 15.4 Å². The normalized spacial score (nSPS) is 16.9. The maximum atomic E-state index is 11.3. The topological polar surface area (TPSA) is 70.6 Å². The number of hydrogen-bond donors (Lipinski definition) is 3. The summed E-state index contributed by atoms with van der Waals surface area (Å²) in [6, 6.07) is 5.59. The van der Waals surface area contributed by atoms with Gasteiger partial charge in [0.15, 0.2) is 6.61 Å². The summed E-state index contributed by atoms with van der Waals surface area (Å²) in [5.41, 5.74) is 1.44. The van der Waals surface area contributed by atoms with Crippen molar-refractivity contribution in [1.82, 2.24) is 0 Å². The standard InChI is InChI=1S/C14H20N2O3/c1-3-14(2,9-17)8-15-10-4-5-12-11(6-10)16-13(18)7-19-12/h4-6,15,17H,3,7-9H2,1-2H3,(H,16,18). The van der Waals surface area contributed by atoms with Crippen LogP contribution >= 0.6 is 0 Å². The average Bonchev–Trinajstić information content (AvgIpc) is 2.44. The summed E-state index contributed by atoms with van der Waals surface area (Å²) in [5, 5.41) is 15.4. The molecule has 2 rings (SSSR count). The third-order valence-corrected chi connectivity index (χ3v) is 3.57. The highest BCUT2D eigenvalue weighted by Gasteiger charge is 2.21. The quantitative estimate of drug-likeness (QED) is 0.759. The van der Waals surface area contributed by atoms with Gasteiger partial charge in [-0.15, -0.1) is 0 Å². The lowest BCUT2D eigenvalue weighted by atomic mass is 9.88. The summed E-state index contributed by atoms with van der Waals surface area (Å²) in [7, 11) is 0. The summed E-state index contributed by atoms with van der Waals surface area (Å²) < 4.78 is 5.30. The van der Waals surface area contributed by atoms with Crippen LogP contribution in [0.15, 0.2) is 18.2 Å². The van der Waals surface area contributed by atoms with Crippen LogP contribution in [-0.4, -0.2) is 30.8 Å². The fourth-order valence-corrected chi connectivity index (χ4v) is 1.80. The maximum absolute atomic E-state index is 11.3. The Hall–Kier alpha value is -1.75. The number of benzene rings is 1. The molecule has 3 N–H and O–H groups in total. The Morgan fingerprint density at radius 2 is 2.32 bits per heavy atom. The summed E-state index contributed by atoms with van der Waals surface area (Å²) in [5.74, 6) is 0.545. The Morgan fingerprint density at radius 1 is 1.53 bits per heavy atom. The summed E-state index contributed by atoms with van der Waals surface area (Å²) in [6.45, 7) is 4.97. The van der Waals surface area contributed by atoms with Crippen LogP contribution in [0.4, 0.5) is 11.4 Å². The van der Waals surface area contributed by atoms with E-state index in [1.165, 1.54) is 0 Å². The second kappa shape index (κ2) is 5.48. The van der Waals surface area contributed by atoms with Crippen LogP contribution in [0, 0.1) is 5.41 Å². The lowest BCUT2D eigenvalue weighted by molar-refractivity contribution is -0.118. The summed E-state index contributed by atoms with van der Waals surface area (Å²) >= 11 is 0. The summed E-state index contributed by atoms with van der Waals surface area (Å²) in [4.78, 5) is 11.3. The van der Waals surface area contributed by atoms with Crippen LogP contribution in [0.3, 0.4) is 0 Å². The van der Waals surface area contributed by atoms with Gasteiger partial charge in [0, 0.05) is 17.6 Å². The van der Waals surface area contributed by atoms with Crippen molar-refractivity contribution in [2.24, 2.45) is 5.41 Å². The van der Waals surface area contributed by atoms with Crippen molar-refractivity contribution in [3.8, 4) is 5.75 Å². The lowest BCUT2D eigenvalue weighted by Crippen LogP contribution is -2.29. The van der Waals surface area contributed by atoms with Gasteiger partial charge in [0.05, 0.1) is 12.3 Å². The first-order chi connectivity index (χ1) is 9.06. The third kappa shape index (κ3) is 3.17. The van der Waals surface area contributed by atoms with E-state index < -0.39 is 0 Å². The fourth-order valence-electron chi connectivity index (χ4n) is 1.80. The van der Waals surface area contributed by atoms with Crippen molar-refractivity contribution in [2.45, 2.75) is 20.3 Å². The van der Waals surface area contributed by atoms with Crippen molar-refractivity contribution in [1.29, 1.82) is 0 Å². The summed E-state index contributed by atoms with van der Waals surface area (Å²) in [6.07, 6.45) is 0.890. The average molecular weight is 264 g/mol. The number of carbonyl (C=O) groups is 1. The van der Waals surface area contributed by atoms with E-state index in [4.69, 9.17) is 4.74 Å². The molecule has 0 spiro atoms. The number of aliphatic hydroxyl groups is 1. The molecule has 1 aliphatic heterocycles. The van der Waals surface area contributed by atoms with E-state index in [1.54, 1.807) is 0 Å². The minimum atomic E-state index is -0.143. The highest BCUT2D eigenvalue weighted by atomic mass is 16.5. The van der Waals surface area contributed by atoms with Crippen LogP contribution in [-0.2, 0) is 4.79 Å². The molecule has 1 amide bonds. The Morgan fingerprint density at radius 3 is 3.00 bits per heavy atom. The molecule has 1 atom stereocenters. The zero-order valence-electron chi connectivity index (χ0n) is 11.3. The number of amides is 1. The highest BCUT2D eigenvalue weighted by Crippen LogP contribution is 2.31. The molecule has 0 aromatic heterocycles. The Labute approximate surface area is 113 Å².